The molecule has 184 valence electrons. The van der Waals surface area contributed by atoms with E-state index in [0.717, 1.165) is 35.6 Å². The molecule has 1 saturated carbocycles. The van der Waals surface area contributed by atoms with Crippen LogP contribution in [0.4, 0.5) is 5.69 Å². The molecule has 0 spiro atoms. The Morgan fingerprint density at radius 1 is 1.11 bits per heavy atom. The van der Waals surface area contributed by atoms with Gasteiger partial charge in [-0.2, -0.15) is 5.10 Å². The summed E-state index contributed by atoms with van der Waals surface area (Å²) < 4.78 is 6.71. The molecule has 4 rings (SSSR count). The molecule has 8 nitrogen and oxygen atoms in total. The summed E-state index contributed by atoms with van der Waals surface area (Å²) in [5, 5.41) is 11.0. The monoisotopic (exact) mass is 475 g/mol. The number of anilines is 1. The van der Waals surface area contributed by atoms with E-state index in [2.05, 4.69) is 33.7 Å². The number of pyridine rings is 1. The van der Waals surface area contributed by atoms with Gasteiger partial charge in [-0.25, -0.2) is 9.67 Å². The third-order valence-electron chi connectivity index (χ3n) is 6.00. The number of amides is 1. The van der Waals surface area contributed by atoms with Crippen molar-refractivity contribution in [2.45, 2.75) is 57.9 Å². The average Bonchev–Trinajstić information content (AvgIpc) is 3.61. The Morgan fingerprint density at radius 3 is 2.57 bits per heavy atom. The lowest BCUT2D eigenvalue weighted by atomic mass is 10.0. The predicted octanol–water partition coefficient (Wildman–Crippen LogP) is 4.78. The molecule has 3 aromatic rings. The van der Waals surface area contributed by atoms with E-state index in [1.54, 1.807) is 6.92 Å². The maximum Gasteiger partial charge on any atom is 0.307 e. The molecule has 1 amide bonds. The molecule has 8 heteroatoms. The number of carbonyl (C=O) groups is 2. The standard InChI is InChI=1S/C27H33N5O3/c1-3-5-23(19-8-10-21(11-9-19)27(34)28-16-14-26(33)35-4-2)30-22-12-13-25(29-18-22)32-17-15-24(31-32)20-6-7-20/h8-13,15,17-18,20,23,30H,3-7,14,16H2,1-2H3,(H,28,34). The van der Waals surface area contributed by atoms with Crippen LogP contribution in [-0.2, 0) is 9.53 Å². The second kappa shape index (κ2) is 11.6. The van der Waals surface area contributed by atoms with E-state index in [-0.39, 0.29) is 30.9 Å². The number of nitrogens with zero attached hydrogens (tertiary/aromatic N) is 3. The highest BCUT2D eigenvalue weighted by Gasteiger charge is 2.26. The average molecular weight is 476 g/mol. The molecule has 1 aliphatic rings. The number of esters is 1. The number of carbonyl (C=O) groups excluding carboxylic acids is 2. The number of nitrogens with one attached hydrogen (secondary N) is 2. The number of benzene rings is 1. The first kappa shape index (κ1) is 24.4. The van der Waals surface area contributed by atoms with E-state index in [1.807, 2.05) is 53.5 Å². The summed E-state index contributed by atoms with van der Waals surface area (Å²) in [7, 11) is 0. The van der Waals surface area contributed by atoms with Crippen LogP contribution in [0, 0.1) is 0 Å². The van der Waals surface area contributed by atoms with Crippen LogP contribution in [0.1, 0.15) is 79.5 Å². The zero-order chi connectivity index (χ0) is 24.6. The van der Waals surface area contributed by atoms with Gasteiger partial charge in [0.1, 0.15) is 0 Å². The van der Waals surface area contributed by atoms with E-state index in [0.29, 0.717) is 18.1 Å². The first-order valence-electron chi connectivity index (χ1n) is 12.4. The number of aromatic nitrogens is 3. The molecule has 1 aliphatic carbocycles. The summed E-state index contributed by atoms with van der Waals surface area (Å²) in [6.07, 6.45) is 8.38. The van der Waals surface area contributed by atoms with E-state index in [1.165, 1.54) is 12.8 Å². The van der Waals surface area contributed by atoms with Crippen LogP contribution in [0.15, 0.2) is 54.9 Å². The van der Waals surface area contributed by atoms with Gasteiger partial charge in [0.25, 0.3) is 5.91 Å². The highest BCUT2D eigenvalue weighted by Crippen LogP contribution is 2.39. The lowest BCUT2D eigenvalue weighted by molar-refractivity contribution is -0.142. The second-order valence-electron chi connectivity index (χ2n) is 8.78. The largest absolute Gasteiger partial charge is 0.466 e. The molecular formula is C27H33N5O3. The Kier molecular flexibility index (Phi) is 8.13. The van der Waals surface area contributed by atoms with Crippen molar-refractivity contribution >= 4 is 17.6 Å². The smallest absolute Gasteiger partial charge is 0.307 e. The van der Waals surface area contributed by atoms with Crippen molar-refractivity contribution in [3.05, 3.63) is 71.7 Å². The first-order valence-corrected chi connectivity index (χ1v) is 12.4. The van der Waals surface area contributed by atoms with E-state index in [4.69, 9.17) is 4.74 Å². The molecular weight excluding hydrogens is 442 g/mol. The Morgan fingerprint density at radius 2 is 1.91 bits per heavy atom. The van der Waals surface area contributed by atoms with Gasteiger partial charge in [-0.05, 0) is 62.1 Å². The van der Waals surface area contributed by atoms with Gasteiger partial charge in [-0.3, -0.25) is 9.59 Å². The molecule has 0 aliphatic heterocycles. The number of hydrogen-bond acceptors (Lipinski definition) is 6. The van der Waals surface area contributed by atoms with Crippen LogP contribution in [0.5, 0.6) is 0 Å². The minimum atomic E-state index is -0.313. The second-order valence-corrected chi connectivity index (χ2v) is 8.78. The molecule has 0 radical (unpaired) electrons. The first-order chi connectivity index (χ1) is 17.1. The molecule has 2 N–H and O–H groups in total. The molecule has 2 heterocycles. The molecule has 1 atom stereocenters. The summed E-state index contributed by atoms with van der Waals surface area (Å²) in [4.78, 5) is 28.4. The third-order valence-corrected chi connectivity index (χ3v) is 6.00. The fraction of sp³-hybridized carbons (Fsp3) is 0.407. The molecule has 35 heavy (non-hydrogen) atoms. The van der Waals surface area contributed by atoms with Crippen molar-refractivity contribution in [3.63, 3.8) is 0 Å². The van der Waals surface area contributed by atoms with E-state index >= 15 is 0 Å². The Labute approximate surface area is 206 Å². The van der Waals surface area contributed by atoms with Crippen LogP contribution in [0.25, 0.3) is 5.82 Å². The van der Waals surface area contributed by atoms with Crippen molar-refractivity contribution in [1.82, 2.24) is 20.1 Å². The minimum absolute atomic E-state index is 0.0970. The molecule has 0 bridgehead atoms. The Balaban J connectivity index is 1.35. The van der Waals surface area contributed by atoms with Gasteiger partial charge >= 0.3 is 5.97 Å². The number of rotatable bonds is 12. The topological polar surface area (TPSA) is 98.1 Å². The van der Waals surface area contributed by atoms with Gasteiger partial charge in [0.05, 0.1) is 36.6 Å². The molecule has 1 unspecified atom stereocenters. The highest BCUT2D eigenvalue weighted by atomic mass is 16.5. The minimum Gasteiger partial charge on any atom is -0.466 e. The fourth-order valence-electron chi connectivity index (χ4n) is 3.96. The fourth-order valence-corrected chi connectivity index (χ4v) is 3.96. The van der Waals surface area contributed by atoms with Crippen LogP contribution in [0.3, 0.4) is 0 Å². The summed E-state index contributed by atoms with van der Waals surface area (Å²) in [5.41, 5.74) is 3.74. The van der Waals surface area contributed by atoms with Crippen molar-refractivity contribution in [2.24, 2.45) is 0 Å². The van der Waals surface area contributed by atoms with Gasteiger partial charge < -0.3 is 15.4 Å². The number of ether oxygens (including phenoxy) is 1. The van der Waals surface area contributed by atoms with Crippen molar-refractivity contribution < 1.29 is 14.3 Å². The van der Waals surface area contributed by atoms with E-state index in [9.17, 15) is 9.59 Å². The Hall–Kier alpha value is -3.68. The van der Waals surface area contributed by atoms with Gasteiger partial charge in [0.15, 0.2) is 5.82 Å². The van der Waals surface area contributed by atoms with Crippen LogP contribution in [0.2, 0.25) is 0 Å². The lowest BCUT2D eigenvalue weighted by Crippen LogP contribution is -2.26. The van der Waals surface area contributed by atoms with Gasteiger partial charge in [-0.1, -0.05) is 25.5 Å². The SMILES string of the molecule is CCCC(Nc1ccc(-n2ccc(C3CC3)n2)nc1)c1ccc(C(=O)NCCC(=O)OCC)cc1. The lowest BCUT2D eigenvalue weighted by Gasteiger charge is -2.20. The maximum atomic E-state index is 12.4. The third kappa shape index (κ3) is 6.68. The van der Waals surface area contributed by atoms with Gasteiger partial charge in [0, 0.05) is 24.2 Å². The maximum absolute atomic E-state index is 12.4. The molecule has 1 fully saturated rings. The van der Waals surface area contributed by atoms with Gasteiger partial charge in [0.2, 0.25) is 0 Å². The van der Waals surface area contributed by atoms with Crippen LogP contribution in [-0.4, -0.2) is 39.8 Å². The normalized spacial score (nSPS) is 13.8. The predicted molar refractivity (Wildman–Crippen MR) is 135 cm³/mol. The van der Waals surface area contributed by atoms with Crippen molar-refractivity contribution in [3.8, 4) is 5.82 Å². The summed E-state index contributed by atoms with van der Waals surface area (Å²) in [6, 6.07) is 13.7. The summed E-state index contributed by atoms with van der Waals surface area (Å²) in [6.45, 7) is 4.50. The Bertz CT molecular complexity index is 1120. The summed E-state index contributed by atoms with van der Waals surface area (Å²) >= 11 is 0. The molecule has 0 saturated heterocycles. The van der Waals surface area contributed by atoms with Crippen molar-refractivity contribution in [2.75, 3.05) is 18.5 Å². The zero-order valence-corrected chi connectivity index (χ0v) is 20.4. The van der Waals surface area contributed by atoms with Crippen LogP contribution < -0.4 is 10.6 Å². The highest BCUT2D eigenvalue weighted by molar-refractivity contribution is 5.94. The molecule has 2 aromatic heterocycles. The number of hydrogen-bond donors (Lipinski definition) is 2. The quantitative estimate of drug-likeness (QED) is 0.366. The summed E-state index contributed by atoms with van der Waals surface area (Å²) in [5.74, 6) is 0.901. The molecule has 1 aromatic carbocycles. The van der Waals surface area contributed by atoms with E-state index < -0.39 is 0 Å². The van der Waals surface area contributed by atoms with Crippen molar-refractivity contribution in [1.29, 1.82) is 0 Å². The van der Waals surface area contributed by atoms with Crippen LogP contribution >= 0.6 is 0 Å². The zero-order valence-electron chi connectivity index (χ0n) is 20.4. The van der Waals surface area contributed by atoms with Gasteiger partial charge in [-0.15, -0.1) is 0 Å².